The summed E-state index contributed by atoms with van der Waals surface area (Å²) >= 11 is 0. The second kappa shape index (κ2) is 9.54. The van der Waals surface area contributed by atoms with E-state index in [1.54, 1.807) is 6.20 Å². The third-order valence-corrected chi connectivity index (χ3v) is 6.02. The molecule has 1 unspecified atom stereocenters. The second-order valence-electron chi connectivity index (χ2n) is 8.50. The van der Waals surface area contributed by atoms with E-state index in [0.29, 0.717) is 31.5 Å². The van der Waals surface area contributed by atoms with Crippen LogP contribution in [0.1, 0.15) is 46.0 Å². The molecule has 2 aromatic carbocycles. The molecular weight excluding hydrogens is 421 g/mol. The number of rotatable bonds is 7. The molecule has 0 fully saturated rings. The van der Waals surface area contributed by atoms with Crippen molar-refractivity contribution in [3.8, 4) is 0 Å². The standard InChI is InChI=1S/C25H28FN5O2/c1-15-7-18(10-20(26)8-15)12-28-23-25(33)31-21(14-29-23)5-6-22(31)24(32)30-13-19-4-3-17(11-27)9-16(19)2/h3-4,7-10,14,22H,5-6,11-13,27H2,1-2H3,(H,28,29)(H,30,32). The monoisotopic (exact) mass is 449 g/mol. The molecule has 33 heavy (non-hydrogen) atoms. The number of benzene rings is 2. The number of fused-ring (bicyclic) bond motifs is 1. The van der Waals surface area contributed by atoms with Gasteiger partial charge in [0.05, 0.1) is 0 Å². The van der Waals surface area contributed by atoms with Crippen LogP contribution in [0.3, 0.4) is 0 Å². The Bertz CT molecular complexity index is 1230. The highest BCUT2D eigenvalue weighted by atomic mass is 19.1. The smallest absolute Gasteiger partial charge is 0.294 e. The first-order valence-corrected chi connectivity index (χ1v) is 11.0. The predicted molar refractivity (Wildman–Crippen MR) is 125 cm³/mol. The first-order chi connectivity index (χ1) is 15.9. The van der Waals surface area contributed by atoms with Crippen molar-refractivity contribution in [3.05, 3.63) is 92.3 Å². The maximum atomic E-state index is 13.7. The Morgan fingerprint density at radius 1 is 1.18 bits per heavy atom. The number of nitrogens with one attached hydrogen (secondary N) is 2. The fourth-order valence-corrected chi connectivity index (χ4v) is 4.29. The van der Waals surface area contributed by atoms with Crippen molar-refractivity contribution in [2.75, 3.05) is 5.32 Å². The average Bonchev–Trinajstić information content (AvgIpc) is 3.22. The van der Waals surface area contributed by atoms with Crippen LogP contribution in [-0.2, 0) is 30.8 Å². The van der Waals surface area contributed by atoms with Crippen molar-refractivity contribution in [1.29, 1.82) is 0 Å². The first kappa shape index (κ1) is 22.7. The van der Waals surface area contributed by atoms with Gasteiger partial charge in [-0.05, 0) is 66.6 Å². The Kier molecular flexibility index (Phi) is 6.55. The number of anilines is 1. The van der Waals surface area contributed by atoms with Gasteiger partial charge in [-0.3, -0.25) is 14.2 Å². The molecule has 0 radical (unpaired) electrons. The van der Waals surface area contributed by atoms with Crippen molar-refractivity contribution in [2.45, 2.75) is 52.4 Å². The molecule has 2 heterocycles. The summed E-state index contributed by atoms with van der Waals surface area (Å²) in [7, 11) is 0. The lowest BCUT2D eigenvalue weighted by Crippen LogP contribution is -2.36. The molecule has 4 rings (SSSR count). The number of aryl methyl sites for hydroxylation is 3. The van der Waals surface area contributed by atoms with E-state index in [9.17, 15) is 14.0 Å². The van der Waals surface area contributed by atoms with Gasteiger partial charge in [0.25, 0.3) is 5.56 Å². The minimum Gasteiger partial charge on any atom is -0.361 e. The van der Waals surface area contributed by atoms with Gasteiger partial charge < -0.3 is 16.4 Å². The Balaban J connectivity index is 1.47. The fourth-order valence-electron chi connectivity index (χ4n) is 4.29. The zero-order chi connectivity index (χ0) is 23.5. The summed E-state index contributed by atoms with van der Waals surface area (Å²) in [6, 6.07) is 10.1. The topological polar surface area (TPSA) is 102 Å². The number of hydrogen-bond acceptors (Lipinski definition) is 5. The van der Waals surface area contributed by atoms with Crippen LogP contribution < -0.4 is 21.9 Å². The zero-order valence-corrected chi connectivity index (χ0v) is 18.8. The molecule has 1 aromatic heterocycles. The van der Waals surface area contributed by atoms with E-state index in [1.165, 1.54) is 16.7 Å². The Morgan fingerprint density at radius 2 is 2.00 bits per heavy atom. The van der Waals surface area contributed by atoms with Crippen LogP contribution in [0.2, 0.25) is 0 Å². The van der Waals surface area contributed by atoms with Gasteiger partial charge in [0.1, 0.15) is 11.9 Å². The van der Waals surface area contributed by atoms with Crippen molar-refractivity contribution < 1.29 is 9.18 Å². The fraction of sp³-hybridized carbons (Fsp3) is 0.320. The molecule has 8 heteroatoms. The van der Waals surface area contributed by atoms with Gasteiger partial charge in [0.2, 0.25) is 5.91 Å². The third kappa shape index (κ3) is 4.96. The minimum atomic E-state index is -0.587. The van der Waals surface area contributed by atoms with Crippen LogP contribution in [0, 0.1) is 19.7 Å². The van der Waals surface area contributed by atoms with Gasteiger partial charge >= 0.3 is 0 Å². The lowest BCUT2D eigenvalue weighted by Gasteiger charge is -2.16. The van der Waals surface area contributed by atoms with E-state index in [4.69, 9.17) is 5.73 Å². The van der Waals surface area contributed by atoms with Gasteiger partial charge in [0.15, 0.2) is 5.82 Å². The molecule has 1 amide bonds. The van der Waals surface area contributed by atoms with E-state index in [2.05, 4.69) is 15.6 Å². The number of carbonyl (C=O) groups is 1. The molecule has 1 aliphatic rings. The van der Waals surface area contributed by atoms with Crippen molar-refractivity contribution in [3.63, 3.8) is 0 Å². The SMILES string of the molecule is Cc1cc(F)cc(CNc2ncc3n(c2=O)C(C(=O)NCc2ccc(CN)cc2C)CC3)c1. The third-order valence-electron chi connectivity index (χ3n) is 6.02. The van der Waals surface area contributed by atoms with E-state index >= 15 is 0 Å². The molecule has 1 atom stereocenters. The molecular formula is C25H28FN5O2. The van der Waals surface area contributed by atoms with Gasteiger partial charge in [0, 0.05) is 31.5 Å². The maximum Gasteiger partial charge on any atom is 0.294 e. The summed E-state index contributed by atoms with van der Waals surface area (Å²) in [5.74, 6) is -0.375. The molecule has 0 spiro atoms. The van der Waals surface area contributed by atoms with Crippen molar-refractivity contribution in [1.82, 2.24) is 14.9 Å². The summed E-state index contributed by atoms with van der Waals surface area (Å²) in [5.41, 5.74) is 10.7. The number of nitrogens with two attached hydrogens (primary N) is 1. The minimum absolute atomic E-state index is 0.147. The lowest BCUT2D eigenvalue weighted by atomic mass is 10.0. The highest BCUT2D eigenvalue weighted by Gasteiger charge is 2.30. The largest absolute Gasteiger partial charge is 0.361 e. The van der Waals surface area contributed by atoms with Crippen LogP contribution in [-0.4, -0.2) is 15.5 Å². The Morgan fingerprint density at radius 3 is 2.73 bits per heavy atom. The van der Waals surface area contributed by atoms with Crippen LogP contribution in [0.15, 0.2) is 47.4 Å². The predicted octanol–water partition coefficient (Wildman–Crippen LogP) is 2.87. The number of halogens is 1. The van der Waals surface area contributed by atoms with E-state index in [0.717, 1.165) is 27.9 Å². The lowest BCUT2D eigenvalue weighted by molar-refractivity contribution is -0.124. The van der Waals surface area contributed by atoms with E-state index < -0.39 is 6.04 Å². The van der Waals surface area contributed by atoms with Gasteiger partial charge in [-0.25, -0.2) is 9.37 Å². The summed E-state index contributed by atoms with van der Waals surface area (Å²) in [5, 5.41) is 5.96. The number of aromatic nitrogens is 2. The molecule has 7 nitrogen and oxygen atoms in total. The molecule has 3 aromatic rings. The summed E-state index contributed by atoms with van der Waals surface area (Å²) in [6.07, 6.45) is 2.78. The molecule has 0 bridgehead atoms. The molecule has 0 saturated heterocycles. The Labute approximate surface area is 191 Å². The van der Waals surface area contributed by atoms with Crippen LogP contribution >= 0.6 is 0 Å². The summed E-state index contributed by atoms with van der Waals surface area (Å²) in [4.78, 5) is 30.3. The number of amides is 1. The zero-order valence-electron chi connectivity index (χ0n) is 18.8. The summed E-state index contributed by atoms with van der Waals surface area (Å²) < 4.78 is 15.2. The van der Waals surface area contributed by atoms with E-state index in [1.807, 2.05) is 38.1 Å². The summed E-state index contributed by atoms with van der Waals surface area (Å²) in [6.45, 7) is 4.91. The molecule has 4 N–H and O–H groups in total. The van der Waals surface area contributed by atoms with Crippen molar-refractivity contribution >= 4 is 11.7 Å². The quantitative estimate of drug-likeness (QED) is 0.515. The number of carbonyl (C=O) groups excluding carboxylic acids is 1. The molecule has 0 saturated carbocycles. The molecule has 0 aliphatic carbocycles. The normalized spacial score (nSPS) is 14.7. The van der Waals surface area contributed by atoms with Gasteiger partial charge in [-0.1, -0.05) is 24.3 Å². The molecule has 1 aliphatic heterocycles. The van der Waals surface area contributed by atoms with Gasteiger partial charge in [-0.2, -0.15) is 0 Å². The second-order valence-corrected chi connectivity index (χ2v) is 8.50. The maximum absolute atomic E-state index is 13.7. The van der Waals surface area contributed by atoms with Crippen molar-refractivity contribution in [2.24, 2.45) is 5.73 Å². The molecule has 172 valence electrons. The number of hydrogen-bond donors (Lipinski definition) is 3. The van der Waals surface area contributed by atoms with Crippen LogP contribution in [0.4, 0.5) is 10.2 Å². The number of nitrogens with zero attached hydrogens (tertiary/aromatic N) is 2. The Hall–Kier alpha value is -3.52. The highest BCUT2D eigenvalue weighted by molar-refractivity contribution is 5.81. The van der Waals surface area contributed by atoms with Crippen LogP contribution in [0.25, 0.3) is 0 Å². The van der Waals surface area contributed by atoms with Gasteiger partial charge in [-0.15, -0.1) is 0 Å². The van der Waals surface area contributed by atoms with E-state index in [-0.39, 0.29) is 29.6 Å². The van der Waals surface area contributed by atoms with Crippen LogP contribution in [0.5, 0.6) is 0 Å². The first-order valence-electron chi connectivity index (χ1n) is 11.0. The average molecular weight is 450 g/mol. The highest BCUT2D eigenvalue weighted by Crippen LogP contribution is 2.24.